The zero-order valence-electron chi connectivity index (χ0n) is 23.4. The van der Waals surface area contributed by atoms with Crippen molar-refractivity contribution in [3.05, 3.63) is 57.6 Å². The van der Waals surface area contributed by atoms with Crippen LogP contribution in [0.1, 0.15) is 59.1 Å². The van der Waals surface area contributed by atoms with Crippen molar-refractivity contribution < 1.29 is 71.6 Å². The van der Waals surface area contributed by atoms with E-state index in [2.05, 4.69) is 0 Å². The molecule has 1 fully saturated rings. The molecule has 1 saturated carbocycles. The quantitative estimate of drug-likeness (QED) is 0.231. The van der Waals surface area contributed by atoms with E-state index in [0.717, 1.165) is 59.1 Å². The molecule has 0 aliphatic heterocycles. The number of aliphatic hydroxyl groups is 1. The SMILES string of the molecule is Cc1cc(C)c(O)c(C=N[C@@H]2CCCC[C@H]2N=Cc2cc(C)cc(C)c2O)c1.OC(C(F)(F)F)(C(F)(F)F)C(F)(F)F.[Co]. The van der Waals surface area contributed by atoms with Crippen LogP contribution in [0.3, 0.4) is 0 Å². The molecule has 3 N–H and O–H groups in total. The molecule has 1 aliphatic rings. The average Bonchev–Trinajstić information content (AvgIpc) is 2.85. The van der Waals surface area contributed by atoms with Crippen molar-refractivity contribution in [3.63, 3.8) is 0 Å². The summed E-state index contributed by atoms with van der Waals surface area (Å²) in [5.74, 6) is 0.593. The van der Waals surface area contributed by atoms with Gasteiger partial charge < -0.3 is 15.3 Å². The molecule has 1 aliphatic carbocycles. The van der Waals surface area contributed by atoms with Gasteiger partial charge in [0.2, 0.25) is 0 Å². The zero-order chi connectivity index (χ0) is 32.3. The molecule has 0 aromatic heterocycles. The maximum Gasteiger partial charge on any atom is 0.435 e. The van der Waals surface area contributed by atoms with Crippen LogP contribution in [0.25, 0.3) is 0 Å². The Labute approximate surface area is 252 Å². The minimum Gasteiger partial charge on any atom is -0.507 e. The standard InChI is InChI=1S/C24H30N2O2.C4HF9O.Co/c1-15-9-17(3)23(27)19(11-15)13-25-21-7-5-6-8-22(21)26-14-20-12-16(2)10-18(4)24(20)28;5-2(6,7)1(14,3(8,9)10)4(11,12)13;/h9-14,21-22,27-28H,5-8H2,1-4H3;14H;/t21-,22-;;/m1../s1. The molecule has 0 saturated heterocycles. The molecule has 5 nitrogen and oxygen atoms in total. The maximum absolute atomic E-state index is 11.4. The van der Waals surface area contributed by atoms with Crippen molar-refractivity contribution in [1.82, 2.24) is 0 Å². The Morgan fingerprint density at radius 2 is 0.930 bits per heavy atom. The first kappa shape index (κ1) is 38.2. The van der Waals surface area contributed by atoms with Crippen LogP contribution in [0.2, 0.25) is 0 Å². The van der Waals surface area contributed by atoms with Crippen LogP contribution in [0.4, 0.5) is 39.5 Å². The number of aliphatic imine (C=N–C) groups is 2. The van der Waals surface area contributed by atoms with Crippen molar-refractivity contribution >= 4 is 12.4 Å². The van der Waals surface area contributed by atoms with Crippen LogP contribution in [-0.4, -0.2) is 64.0 Å². The largest absolute Gasteiger partial charge is 0.507 e. The number of hydrogen-bond donors (Lipinski definition) is 3. The second-order valence-electron chi connectivity index (χ2n) is 10.2. The summed E-state index contributed by atoms with van der Waals surface area (Å²) in [6.45, 7) is 7.86. The predicted molar refractivity (Wildman–Crippen MR) is 140 cm³/mol. The molecule has 0 heterocycles. The van der Waals surface area contributed by atoms with Crippen LogP contribution in [0, 0.1) is 27.7 Å². The number of nitrogens with zero attached hydrogens (tertiary/aromatic N) is 2. The minimum atomic E-state index is -6.87. The summed E-state index contributed by atoms with van der Waals surface area (Å²) < 4.78 is 103. The van der Waals surface area contributed by atoms with Gasteiger partial charge in [0.1, 0.15) is 11.5 Å². The molecule has 0 bridgehead atoms. The Bertz CT molecular complexity index is 1190. The van der Waals surface area contributed by atoms with E-state index in [0.29, 0.717) is 11.5 Å². The number of phenols is 2. The number of alkyl halides is 9. The Morgan fingerprint density at radius 1 is 0.628 bits per heavy atom. The first-order chi connectivity index (χ1) is 19.1. The van der Waals surface area contributed by atoms with Crippen molar-refractivity contribution in [2.24, 2.45) is 9.98 Å². The fourth-order valence-electron chi connectivity index (χ4n) is 4.46. The smallest absolute Gasteiger partial charge is 0.435 e. The number of hydrogen-bond acceptors (Lipinski definition) is 5. The summed E-state index contributed by atoms with van der Waals surface area (Å²) in [4.78, 5) is 9.57. The van der Waals surface area contributed by atoms with Gasteiger partial charge in [0.05, 0.1) is 12.1 Å². The zero-order valence-corrected chi connectivity index (χ0v) is 24.5. The van der Waals surface area contributed by atoms with E-state index in [1.165, 1.54) is 0 Å². The van der Waals surface area contributed by atoms with Gasteiger partial charge in [-0.3, -0.25) is 9.98 Å². The number of aromatic hydroxyl groups is 2. The Morgan fingerprint density at radius 3 is 1.19 bits per heavy atom. The van der Waals surface area contributed by atoms with Crippen LogP contribution < -0.4 is 0 Å². The van der Waals surface area contributed by atoms with Crippen LogP contribution in [-0.2, 0) is 16.8 Å². The van der Waals surface area contributed by atoms with Gasteiger partial charge in [-0.15, -0.1) is 0 Å². The number of phenolic OH excluding ortho intramolecular Hbond substituents is 2. The van der Waals surface area contributed by atoms with E-state index in [4.69, 9.17) is 15.1 Å². The molecule has 243 valence electrons. The number of benzene rings is 2. The summed E-state index contributed by atoms with van der Waals surface area (Å²) in [7, 11) is 0. The van der Waals surface area contributed by atoms with E-state index < -0.39 is 24.1 Å². The molecule has 2 atom stereocenters. The molecule has 3 rings (SSSR count). The summed E-state index contributed by atoms with van der Waals surface area (Å²) in [6.07, 6.45) is -12.8. The Kier molecular flexibility index (Phi) is 12.7. The molecule has 2 aromatic carbocycles. The third-order valence-electron chi connectivity index (χ3n) is 6.68. The predicted octanol–water partition coefficient (Wildman–Crippen LogP) is 7.58. The van der Waals surface area contributed by atoms with Crippen LogP contribution in [0.15, 0.2) is 34.3 Å². The molecule has 0 amide bonds. The van der Waals surface area contributed by atoms with Crippen molar-refractivity contribution in [1.29, 1.82) is 0 Å². The molecule has 43 heavy (non-hydrogen) atoms. The topological polar surface area (TPSA) is 85.4 Å². The van der Waals surface area contributed by atoms with Gasteiger partial charge >= 0.3 is 24.1 Å². The van der Waals surface area contributed by atoms with E-state index in [1.54, 1.807) is 12.4 Å². The summed E-state index contributed by atoms with van der Waals surface area (Å²) >= 11 is 0. The van der Waals surface area contributed by atoms with Gasteiger partial charge in [-0.05, 0) is 74.9 Å². The van der Waals surface area contributed by atoms with Gasteiger partial charge in [0.25, 0.3) is 0 Å². The minimum absolute atomic E-state index is 0. The third kappa shape index (κ3) is 9.11. The fraction of sp³-hybridized carbons (Fsp3) is 0.500. The normalized spacial score (nSPS) is 18.4. The molecule has 2 aromatic rings. The van der Waals surface area contributed by atoms with Gasteiger partial charge in [-0.2, -0.15) is 39.5 Å². The van der Waals surface area contributed by atoms with E-state index in [9.17, 15) is 49.7 Å². The monoisotopic (exact) mass is 673 g/mol. The van der Waals surface area contributed by atoms with E-state index >= 15 is 0 Å². The van der Waals surface area contributed by atoms with Gasteiger partial charge in [-0.25, -0.2) is 0 Å². The second-order valence-corrected chi connectivity index (χ2v) is 10.2. The van der Waals surface area contributed by atoms with Crippen LogP contribution in [0.5, 0.6) is 11.5 Å². The maximum atomic E-state index is 11.4. The molecular weight excluding hydrogens is 642 g/mol. The van der Waals surface area contributed by atoms with E-state index in [1.807, 2.05) is 52.0 Å². The van der Waals surface area contributed by atoms with Gasteiger partial charge in [0.15, 0.2) is 0 Å². The average molecular weight is 673 g/mol. The molecule has 15 heteroatoms. The second kappa shape index (κ2) is 14.3. The van der Waals surface area contributed by atoms with Crippen molar-refractivity contribution in [2.75, 3.05) is 0 Å². The summed E-state index contributed by atoms with van der Waals surface area (Å²) in [5.41, 5.74) is -1.21. The molecule has 0 spiro atoms. The summed E-state index contributed by atoms with van der Waals surface area (Å²) in [5, 5.41) is 28.3. The van der Waals surface area contributed by atoms with E-state index in [-0.39, 0.29) is 28.9 Å². The Balaban J connectivity index is 0.000000526. The Hall–Kier alpha value is -2.78. The number of rotatable bonds is 4. The van der Waals surface area contributed by atoms with Crippen molar-refractivity contribution in [2.45, 2.75) is 89.6 Å². The van der Waals surface area contributed by atoms with Gasteiger partial charge in [0, 0.05) is 40.3 Å². The molecule has 0 unspecified atom stereocenters. The first-order valence-corrected chi connectivity index (χ1v) is 12.7. The van der Waals surface area contributed by atoms with Crippen molar-refractivity contribution in [3.8, 4) is 11.5 Å². The number of halogens is 9. The van der Waals surface area contributed by atoms with Gasteiger partial charge in [-0.1, -0.05) is 25.0 Å². The third-order valence-corrected chi connectivity index (χ3v) is 6.68. The number of aryl methyl sites for hydroxylation is 4. The molecule has 1 radical (unpaired) electrons. The molecular formula is C28H31CoF9N2O3. The summed E-state index contributed by atoms with van der Waals surface area (Å²) in [6, 6.07) is 8.05. The first-order valence-electron chi connectivity index (χ1n) is 12.7. The fourth-order valence-corrected chi connectivity index (χ4v) is 4.46. The van der Waals surface area contributed by atoms with Crippen LogP contribution >= 0.6 is 0 Å².